The van der Waals surface area contributed by atoms with Crippen LogP contribution in [0.3, 0.4) is 0 Å². The van der Waals surface area contributed by atoms with Crippen molar-refractivity contribution < 1.29 is 38.5 Å². The fraction of sp³-hybridized carbons (Fsp3) is 0.320. The van der Waals surface area contributed by atoms with E-state index in [9.17, 15) is 19.5 Å². The second-order valence-corrected chi connectivity index (χ2v) is 8.92. The number of nitrogens with one attached hydrogen (secondary N) is 3. The number of benzene rings is 1. The summed E-state index contributed by atoms with van der Waals surface area (Å²) in [6, 6.07) is 5.36. The molecule has 0 fully saturated rings. The molecule has 1 unspecified atom stereocenters. The van der Waals surface area contributed by atoms with E-state index in [1.54, 1.807) is 18.2 Å². The number of hydrogen-bond donors (Lipinski definition) is 5. The van der Waals surface area contributed by atoms with Gasteiger partial charge < -0.3 is 34.7 Å². The van der Waals surface area contributed by atoms with E-state index in [0.717, 1.165) is 6.20 Å². The normalized spacial score (nSPS) is 11.6. The van der Waals surface area contributed by atoms with Crippen LogP contribution in [0.4, 0.5) is 10.5 Å². The molecule has 0 saturated carbocycles. The number of halogens is 2. The highest BCUT2D eigenvalue weighted by Gasteiger charge is 2.22. The van der Waals surface area contributed by atoms with Gasteiger partial charge >= 0.3 is 12.1 Å². The number of hydrogen-bond acceptors (Lipinski definition) is 10. The fourth-order valence-corrected chi connectivity index (χ4v) is 3.75. The van der Waals surface area contributed by atoms with E-state index in [0.29, 0.717) is 21.4 Å². The third-order valence-corrected chi connectivity index (χ3v) is 5.84. The quantitative estimate of drug-likeness (QED) is 0.163. The number of carbonyl (C=O) groups excluding carboxylic acids is 2. The minimum absolute atomic E-state index is 0.0167. The number of carboxylic acids is 1. The Morgan fingerprint density at radius 1 is 1.10 bits per heavy atom. The molecule has 0 radical (unpaired) electrons. The Morgan fingerprint density at radius 3 is 2.70 bits per heavy atom. The Hall–Kier alpha value is -3.75. The van der Waals surface area contributed by atoms with Crippen LogP contribution in [0.5, 0.6) is 0 Å². The molecule has 0 aliphatic heterocycles. The van der Waals surface area contributed by atoms with E-state index < -0.39 is 24.0 Å². The Balaban J connectivity index is 1.64. The molecule has 0 aliphatic rings. The second-order valence-electron chi connectivity index (χ2n) is 8.08. The fourth-order valence-electron chi connectivity index (χ4n) is 3.36. The molecular formula is C25H27Cl2N5O8. The molecule has 0 spiro atoms. The number of ether oxygens (including phenoxy) is 2. The van der Waals surface area contributed by atoms with Gasteiger partial charge in [0.2, 0.25) is 11.8 Å². The molecule has 1 atom stereocenters. The van der Waals surface area contributed by atoms with Gasteiger partial charge in [0.25, 0.3) is 0 Å². The number of anilines is 1. The maximum absolute atomic E-state index is 13.1. The highest BCUT2D eigenvalue weighted by molar-refractivity contribution is 6.35. The molecule has 2 amide bonds. The molecule has 0 bridgehead atoms. The van der Waals surface area contributed by atoms with Crippen LogP contribution in [-0.4, -0.2) is 77.2 Å². The van der Waals surface area contributed by atoms with Crippen LogP contribution in [0, 0.1) is 0 Å². The van der Waals surface area contributed by atoms with E-state index in [-0.39, 0.29) is 63.1 Å². The molecule has 5 N–H and O–H groups in total. The molecular weight excluding hydrogens is 569 g/mol. The molecule has 1 aromatic carbocycles. The summed E-state index contributed by atoms with van der Waals surface area (Å²) in [6.45, 7) is 0.156. The smallest absolute Gasteiger partial charge is 0.407 e. The van der Waals surface area contributed by atoms with Gasteiger partial charge in [-0.15, -0.1) is 0 Å². The molecule has 214 valence electrons. The first-order valence-electron chi connectivity index (χ1n) is 12.0. The number of oxazole rings is 1. The number of aliphatic hydroxyl groups excluding tert-OH is 1. The van der Waals surface area contributed by atoms with Crippen molar-refractivity contribution in [2.45, 2.75) is 19.0 Å². The van der Waals surface area contributed by atoms with Crippen molar-refractivity contribution in [3.05, 3.63) is 64.4 Å². The van der Waals surface area contributed by atoms with Crippen molar-refractivity contribution in [1.82, 2.24) is 20.6 Å². The number of alkyl carbamates (subject to hydrolysis) is 1. The molecule has 0 aliphatic carbocycles. The predicted molar refractivity (Wildman–Crippen MR) is 144 cm³/mol. The van der Waals surface area contributed by atoms with Gasteiger partial charge in [0.1, 0.15) is 12.2 Å². The SMILES string of the molecule is O=C(NCCC(NCc1ncc(-c2cc(Cl)ccc2Cl)o1)C(=O)Nc1ccncc1C(=O)O)OCCOCCO. The predicted octanol–water partition coefficient (Wildman–Crippen LogP) is 2.96. The highest BCUT2D eigenvalue weighted by atomic mass is 35.5. The molecule has 15 heteroatoms. The first-order valence-corrected chi connectivity index (χ1v) is 12.7. The molecule has 3 rings (SSSR count). The Morgan fingerprint density at radius 2 is 1.93 bits per heavy atom. The van der Waals surface area contributed by atoms with Crippen molar-refractivity contribution in [1.29, 1.82) is 0 Å². The third-order valence-electron chi connectivity index (χ3n) is 5.27. The first-order chi connectivity index (χ1) is 19.3. The van der Waals surface area contributed by atoms with Crippen LogP contribution in [0.2, 0.25) is 10.0 Å². The molecule has 13 nitrogen and oxygen atoms in total. The summed E-state index contributed by atoms with van der Waals surface area (Å²) in [4.78, 5) is 44.5. The van der Waals surface area contributed by atoms with E-state index in [1.807, 2.05) is 0 Å². The van der Waals surface area contributed by atoms with Gasteiger partial charge in [0.05, 0.1) is 49.3 Å². The summed E-state index contributed by atoms with van der Waals surface area (Å²) in [5.74, 6) is -1.20. The van der Waals surface area contributed by atoms with Gasteiger partial charge in [0.15, 0.2) is 5.76 Å². The summed E-state index contributed by atoms with van der Waals surface area (Å²) < 4.78 is 15.7. The van der Waals surface area contributed by atoms with Crippen LogP contribution < -0.4 is 16.0 Å². The van der Waals surface area contributed by atoms with Gasteiger partial charge in [-0.05, 0) is 30.7 Å². The Bertz CT molecular complexity index is 1310. The zero-order valence-electron chi connectivity index (χ0n) is 21.1. The van der Waals surface area contributed by atoms with Gasteiger partial charge in [-0.25, -0.2) is 14.6 Å². The number of carboxylic acid groups (broad SMARTS) is 1. The van der Waals surface area contributed by atoms with Crippen LogP contribution in [0.1, 0.15) is 22.7 Å². The Labute approximate surface area is 238 Å². The average molecular weight is 596 g/mol. The van der Waals surface area contributed by atoms with Gasteiger partial charge in [0, 0.05) is 29.5 Å². The second kappa shape index (κ2) is 15.7. The lowest BCUT2D eigenvalue weighted by Crippen LogP contribution is -2.43. The van der Waals surface area contributed by atoms with Crippen LogP contribution in [-0.2, 0) is 20.8 Å². The Kier molecular flexibility index (Phi) is 12.1. The van der Waals surface area contributed by atoms with Crippen molar-refractivity contribution in [3.8, 4) is 11.3 Å². The number of aliphatic hydroxyl groups is 1. The van der Waals surface area contributed by atoms with Crippen molar-refractivity contribution >= 4 is 46.9 Å². The van der Waals surface area contributed by atoms with Crippen LogP contribution >= 0.6 is 23.2 Å². The van der Waals surface area contributed by atoms with Gasteiger partial charge in [-0.2, -0.15) is 0 Å². The maximum Gasteiger partial charge on any atom is 0.407 e. The van der Waals surface area contributed by atoms with Gasteiger partial charge in [-0.1, -0.05) is 23.2 Å². The van der Waals surface area contributed by atoms with Crippen LogP contribution in [0.15, 0.2) is 47.3 Å². The zero-order chi connectivity index (χ0) is 28.9. The largest absolute Gasteiger partial charge is 0.478 e. The molecule has 2 aromatic heterocycles. The number of aromatic nitrogens is 2. The topological polar surface area (TPSA) is 185 Å². The lowest BCUT2D eigenvalue weighted by atomic mass is 10.1. The number of nitrogens with zero attached hydrogens (tertiary/aromatic N) is 2. The molecule has 0 saturated heterocycles. The number of rotatable bonds is 15. The number of aromatic carboxylic acids is 1. The van der Waals surface area contributed by atoms with Crippen molar-refractivity contribution in [2.24, 2.45) is 0 Å². The average Bonchev–Trinajstić information content (AvgIpc) is 3.40. The molecule has 2 heterocycles. The van der Waals surface area contributed by atoms with E-state index in [1.165, 1.54) is 18.5 Å². The van der Waals surface area contributed by atoms with E-state index in [4.69, 9.17) is 42.2 Å². The third kappa shape index (κ3) is 9.47. The number of amides is 2. The lowest BCUT2D eigenvalue weighted by Gasteiger charge is -2.18. The highest BCUT2D eigenvalue weighted by Crippen LogP contribution is 2.31. The summed E-state index contributed by atoms with van der Waals surface area (Å²) >= 11 is 12.3. The van der Waals surface area contributed by atoms with Crippen molar-refractivity contribution in [3.63, 3.8) is 0 Å². The van der Waals surface area contributed by atoms with E-state index >= 15 is 0 Å². The maximum atomic E-state index is 13.1. The lowest BCUT2D eigenvalue weighted by molar-refractivity contribution is -0.118. The van der Waals surface area contributed by atoms with Gasteiger partial charge in [-0.3, -0.25) is 15.1 Å². The standard InChI is InChI=1S/C25H27Cl2N5O8/c26-15-1-2-18(27)16(11-15)21-13-31-22(40-21)14-30-20(4-6-29-25(37)39-10-9-38-8-7-33)23(34)32-19-3-5-28-12-17(19)24(35)36/h1-3,5,11-13,20,30,33H,4,6-10,14H2,(H,29,37)(H,35,36)(H,28,32,34). The summed E-state index contributed by atoms with van der Waals surface area (Å²) in [6.07, 6.45) is 3.33. The molecule has 40 heavy (non-hydrogen) atoms. The summed E-state index contributed by atoms with van der Waals surface area (Å²) in [5.41, 5.74) is 0.421. The summed E-state index contributed by atoms with van der Waals surface area (Å²) in [5, 5.41) is 27.1. The number of carbonyl (C=O) groups is 3. The summed E-state index contributed by atoms with van der Waals surface area (Å²) in [7, 11) is 0. The minimum atomic E-state index is -1.26. The van der Waals surface area contributed by atoms with Crippen molar-refractivity contribution in [2.75, 3.05) is 38.3 Å². The molecule has 3 aromatic rings. The number of pyridine rings is 1. The minimum Gasteiger partial charge on any atom is -0.478 e. The zero-order valence-corrected chi connectivity index (χ0v) is 22.6. The first kappa shape index (κ1) is 30.8. The van der Waals surface area contributed by atoms with E-state index in [2.05, 4.69) is 25.9 Å². The monoisotopic (exact) mass is 595 g/mol. The van der Waals surface area contributed by atoms with Crippen LogP contribution in [0.25, 0.3) is 11.3 Å².